The number of imidazole rings is 2. The third-order valence-electron chi connectivity index (χ3n) is 13.1. The zero-order valence-electron chi connectivity index (χ0n) is 36.7. The van der Waals surface area contributed by atoms with E-state index in [2.05, 4.69) is 72.9 Å². The van der Waals surface area contributed by atoms with Gasteiger partial charge in [0.05, 0.1) is 48.4 Å². The van der Waals surface area contributed by atoms with Crippen molar-refractivity contribution in [2.75, 3.05) is 38.8 Å². The first kappa shape index (κ1) is 41.8. The molecule has 6 aromatic rings. The number of carbonyl (C=O) groups excluding carboxylic acids is 4. The minimum absolute atomic E-state index is 0.104. The first-order chi connectivity index (χ1) is 30.4. The maximum Gasteiger partial charge on any atom is 0.407 e. The van der Waals surface area contributed by atoms with Crippen molar-refractivity contribution >= 4 is 62.7 Å². The first-order valence-electron chi connectivity index (χ1n) is 22.1. The van der Waals surface area contributed by atoms with Crippen LogP contribution in [0.2, 0.25) is 0 Å². The Labute approximate surface area is 365 Å². The average Bonchev–Trinajstić information content (AvgIpc) is 4.14. The molecule has 4 atom stereocenters. The van der Waals surface area contributed by atoms with Crippen molar-refractivity contribution in [1.29, 1.82) is 0 Å². The molecule has 63 heavy (non-hydrogen) atoms. The zero-order valence-corrected chi connectivity index (χ0v) is 36.7. The first-order valence-corrected chi connectivity index (χ1v) is 22.1. The molecule has 2 saturated heterocycles. The normalized spacial score (nSPS) is 18.7. The number of methoxy groups -OCH3 is 2. The van der Waals surface area contributed by atoms with Crippen molar-refractivity contribution < 1.29 is 28.7 Å². The molecule has 0 aliphatic carbocycles. The van der Waals surface area contributed by atoms with Crippen LogP contribution in [0.25, 0.3) is 44.2 Å². The highest BCUT2D eigenvalue weighted by atomic mass is 16.5. The lowest BCUT2D eigenvalue weighted by molar-refractivity contribution is -0.136. The van der Waals surface area contributed by atoms with Crippen LogP contribution in [0.1, 0.15) is 88.2 Å². The molecule has 6 heterocycles. The Kier molecular flexibility index (Phi) is 11.2. The van der Waals surface area contributed by atoms with Gasteiger partial charge in [-0.25, -0.2) is 19.6 Å². The van der Waals surface area contributed by atoms with E-state index in [0.717, 1.165) is 107 Å². The summed E-state index contributed by atoms with van der Waals surface area (Å²) in [5, 5.41) is 6.61. The Morgan fingerprint density at radius 2 is 1.24 bits per heavy atom. The lowest BCUT2D eigenvalue weighted by Gasteiger charge is -2.31. The maximum absolute atomic E-state index is 13.7. The number of H-pyrrole nitrogens is 3. The summed E-state index contributed by atoms with van der Waals surface area (Å²) in [4.78, 5) is 78.2. The van der Waals surface area contributed by atoms with Crippen LogP contribution in [0, 0.1) is 11.8 Å². The summed E-state index contributed by atoms with van der Waals surface area (Å²) >= 11 is 0. The molecule has 5 N–H and O–H groups in total. The fraction of sp³-hybridized carbons (Fsp3) is 0.447. The van der Waals surface area contributed by atoms with Gasteiger partial charge in [0.1, 0.15) is 23.7 Å². The summed E-state index contributed by atoms with van der Waals surface area (Å²) < 4.78 is 9.59. The summed E-state index contributed by atoms with van der Waals surface area (Å²) in [5.41, 5.74) is 10.3. The average molecular weight is 857 g/mol. The predicted molar refractivity (Wildman–Crippen MR) is 240 cm³/mol. The molecule has 3 aromatic carbocycles. The van der Waals surface area contributed by atoms with Crippen LogP contribution >= 0.6 is 0 Å². The summed E-state index contributed by atoms with van der Waals surface area (Å²) in [6, 6.07) is 17.5. The van der Waals surface area contributed by atoms with Crippen LogP contribution in [0.15, 0.2) is 54.6 Å². The SMILES string of the molecule is COC(=O)N[C@H](C(=O)N1CCCC1c1nc2ccc(-c3cc4cc5c(cc4[nH]3)CN(c3ccc4nc(C6CCCN6C(=O)[C@H](NC(=O)OC)C(C)C)[nH]c4c3)CC5)cc2[nH]1)C(C)C. The van der Waals surface area contributed by atoms with Gasteiger partial charge in [0.25, 0.3) is 0 Å². The van der Waals surface area contributed by atoms with E-state index in [1.165, 1.54) is 25.3 Å². The molecule has 2 unspecified atom stereocenters. The Hall–Kier alpha value is -6.58. The fourth-order valence-corrected chi connectivity index (χ4v) is 9.68. The summed E-state index contributed by atoms with van der Waals surface area (Å²) in [7, 11) is 2.60. The number of carbonyl (C=O) groups is 4. The second-order valence-electron chi connectivity index (χ2n) is 17.8. The third-order valence-corrected chi connectivity index (χ3v) is 13.1. The Morgan fingerprint density at radius 3 is 1.81 bits per heavy atom. The molecule has 2 fully saturated rings. The number of nitrogens with one attached hydrogen (secondary N) is 5. The van der Waals surface area contributed by atoms with E-state index < -0.39 is 24.3 Å². The van der Waals surface area contributed by atoms with Gasteiger partial charge in [-0.2, -0.15) is 0 Å². The number of rotatable bonds is 10. The molecule has 0 spiro atoms. The van der Waals surface area contributed by atoms with Gasteiger partial charge in [0.2, 0.25) is 11.8 Å². The van der Waals surface area contributed by atoms with Gasteiger partial charge in [0.15, 0.2) is 0 Å². The third kappa shape index (κ3) is 8.02. The number of benzene rings is 3. The number of likely N-dealkylation sites (tertiary alicyclic amines) is 2. The minimum Gasteiger partial charge on any atom is -0.453 e. The highest BCUT2D eigenvalue weighted by Crippen LogP contribution is 2.37. The number of aromatic nitrogens is 5. The molecule has 9 rings (SSSR count). The van der Waals surface area contributed by atoms with Crippen LogP contribution in [0.4, 0.5) is 15.3 Å². The molecule has 16 heteroatoms. The van der Waals surface area contributed by atoms with E-state index in [0.29, 0.717) is 13.1 Å². The van der Waals surface area contributed by atoms with Gasteiger partial charge in [-0.3, -0.25) is 9.59 Å². The van der Waals surface area contributed by atoms with E-state index in [1.807, 2.05) is 49.6 Å². The second-order valence-corrected chi connectivity index (χ2v) is 17.8. The van der Waals surface area contributed by atoms with Crippen molar-refractivity contribution in [2.24, 2.45) is 11.8 Å². The highest BCUT2D eigenvalue weighted by molar-refractivity contribution is 5.91. The lowest BCUT2D eigenvalue weighted by Crippen LogP contribution is -2.51. The molecule has 0 saturated carbocycles. The van der Waals surface area contributed by atoms with E-state index in [4.69, 9.17) is 19.4 Å². The van der Waals surface area contributed by atoms with Crippen molar-refractivity contribution in [3.05, 3.63) is 77.4 Å². The lowest BCUT2D eigenvalue weighted by atomic mass is 9.97. The standard InChI is InChI=1S/C47H56N10O6/c1-25(2)40(53-46(60)62-5)44(58)56-16-7-9-38(56)42-49-32-13-11-28(20-36(32)51-42)34-21-29-19-27-15-18-55(24-30(27)22-35(29)48-34)31-12-14-33-37(23-31)52-43(50-33)39-10-8-17-57(39)45(59)41(26(3)4)54-47(61)63-6/h11-14,19-23,25-26,38-41,48H,7-10,15-18,24H2,1-6H3,(H,49,51)(H,50,52)(H,53,60)(H,54,61)/t38?,39?,40-,41+/m0/s1. The molecule has 3 aliphatic rings. The number of hydrogen-bond acceptors (Lipinski definition) is 9. The van der Waals surface area contributed by atoms with E-state index >= 15 is 0 Å². The number of ether oxygens (including phenoxy) is 2. The van der Waals surface area contributed by atoms with Gasteiger partial charge in [-0.15, -0.1) is 0 Å². The number of alkyl carbamates (subject to hydrolysis) is 2. The number of amides is 4. The number of nitrogens with zero attached hydrogens (tertiary/aromatic N) is 5. The van der Waals surface area contributed by atoms with Crippen LogP contribution in [-0.4, -0.2) is 105 Å². The van der Waals surface area contributed by atoms with Gasteiger partial charge in [0, 0.05) is 54.0 Å². The van der Waals surface area contributed by atoms with Gasteiger partial charge in [-0.1, -0.05) is 33.8 Å². The predicted octanol–water partition coefficient (Wildman–Crippen LogP) is 7.24. The number of aromatic amines is 3. The largest absolute Gasteiger partial charge is 0.453 e. The summed E-state index contributed by atoms with van der Waals surface area (Å²) in [6.07, 6.45) is 2.95. The summed E-state index contributed by atoms with van der Waals surface area (Å²) in [5.74, 6) is 1.03. The zero-order chi connectivity index (χ0) is 44.1. The monoisotopic (exact) mass is 856 g/mol. The second kappa shape index (κ2) is 16.9. The number of anilines is 1. The molecule has 330 valence electrons. The quantitative estimate of drug-likeness (QED) is 0.0945. The van der Waals surface area contributed by atoms with Crippen LogP contribution in [0.3, 0.4) is 0 Å². The topological polar surface area (TPSA) is 194 Å². The van der Waals surface area contributed by atoms with Crippen LogP contribution in [0.5, 0.6) is 0 Å². The summed E-state index contributed by atoms with van der Waals surface area (Å²) in [6.45, 7) is 10.5. The van der Waals surface area contributed by atoms with Gasteiger partial charge in [-0.05, 0) is 104 Å². The van der Waals surface area contributed by atoms with Crippen LogP contribution < -0.4 is 15.5 Å². The Bertz CT molecular complexity index is 2720. The van der Waals surface area contributed by atoms with E-state index in [9.17, 15) is 19.2 Å². The molecular formula is C47H56N10O6. The molecule has 4 amide bonds. The van der Waals surface area contributed by atoms with Gasteiger partial charge < -0.3 is 49.8 Å². The fourth-order valence-electron chi connectivity index (χ4n) is 9.68. The minimum atomic E-state index is -0.691. The van der Waals surface area contributed by atoms with E-state index in [1.54, 1.807) is 0 Å². The molecule has 16 nitrogen and oxygen atoms in total. The molecule has 3 aromatic heterocycles. The Balaban J connectivity index is 0.905. The molecule has 3 aliphatic heterocycles. The van der Waals surface area contributed by atoms with E-state index in [-0.39, 0.29) is 35.7 Å². The van der Waals surface area contributed by atoms with Crippen molar-refractivity contribution in [2.45, 2.75) is 90.5 Å². The van der Waals surface area contributed by atoms with Crippen molar-refractivity contribution in [1.82, 2.24) is 45.4 Å². The Morgan fingerprint density at radius 1 is 0.667 bits per heavy atom. The highest BCUT2D eigenvalue weighted by Gasteiger charge is 2.39. The maximum atomic E-state index is 13.7. The van der Waals surface area contributed by atoms with Crippen molar-refractivity contribution in [3.8, 4) is 11.3 Å². The smallest absolute Gasteiger partial charge is 0.407 e. The molecular weight excluding hydrogens is 801 g/mol. The van der Waals surface area contributed by atoms with Crippen LogP contribution in [-0.2, 0) is 32.0 Å². The molecule has 0 bridgehead atoms. The number of fused-ring (bicyclic) bond motifs is 4. The van der Waals surface area contributed by atoms with Crippen molar-refractivity contribution in [3.63, 3.8) is 0 Å². The van der Waals surface area contributed by atoms with Gasteiger partial charge >= 0.3 is 12.2 Å². The molecule has 0 radical (unpaired) electrons. The number of hydrogen-bond donors (Lipinski definition) is 5.